The third-order valence-electron chi connectivity index (χ3n) is 7.41. The van der Waals surface area contributed by atoms with E-state index in [1.165, 1.54) is 45.6 Å². The minimum atomic E-state index is -4.00. The van der Waals surface area contributed by atoms with E-state index >= 15 is 0 Å². The molecule has 10 heteroatoms. The summed E-state index contributed by atoms with van der Waals surface area (Å²) >= 11 is 6.17. The fraction of sp³-hybridized carbons (Fsp3) is 0.462. The minimum Gasteiger partial charge on any atom is -0.497 e. The molecule has 36 heavy (non-hydrogen) atoms. The van der Waals surface area contributed by atoms with Crippen molar-refractivity contribution in [3.8, 4) is 5.75 Å². The summed E-state index contributed by atoms with van der Waals surface area (Å²) in [5, 5.41) is 2.97. The number of ether oxygens (including phenoxy) is 2. The Kier molecular flexibility index (Phi) is 7.80. The SMILES string of the molecule is COc1ccc(N(C)S(=O)(=O)c2ccc(Cl)c(C(=O)OCC(=O)N[C@@H](C)[C@@H]3C[C@@H]4CC[C@@H]3C4)c2)cc1. The minimum absolute atomic E-state index is 0.0112. The van der Waals surface area contributed by atoms with Gasteiger partial charge in [0, 0.05) is 13.1 Å². The second-order valence-electron chi connectivity index (χ2n) is 9.58. The second kappa shape index (κ2) is 10.7. The van der Waals surface area contributed by atoms with E-state index < -0.39 is 28.5 Å². The van der Waals surface area contributed by atoms with Crippen molar-refractivity contribution in [1.82, 2.24) is 5.32 Å². The van der Waals surface area contributed by atoms with Crippen molar-refractivity contribution in [2.45, 2.75) is 43.5 Å². The van der Waals surface area contributed by atoms with Gasteiger partial charge in [-0.2, -0.15) is 0 Å². The molecule has 0 aromatic heterocycles. The Morgan fingerprint density at radius 2 is 1.86 bits per heavy atom. The van der Waals surface area contributed by atoms with Crippen LogP contribution >= 0.6 is 11.6 Å². The van der Waals surface area contributed by atoms with E-state index in [1.54, 1.807) is 24.3 Å². The first kappa shape index (κ1) is 26.3. The Balaban J connectivity index is 1.40. The first-order valence-corrected chi connectivity index (χ1v) is 13.8. The van der Waals surface area contributed by atoms with Crippen molar-refractivity contribution in [2.24, 2.45) is 17.8 Å². The van der Waals surface area contributed by atoms with Crippen molar-refractivity contribution in [1.29, 1.82) is 0 Å². The monoisotopic (exact) mass is 534 g/mol. The molecule has 2 aromatic rings. The number of carbonyl (C=O) groups is 2. The standard InChI is InChI=1S/C26H31ClN2O6S/c1-16(22-13-17-4-5-18(22)12-17)28-25(30)15-35-26(31)23-14-21(10-11-24(23)27)36(32,33)29(2)19-6-8-20(34-3)9-7-19/h6-11,14,16-18,22H,4-5,12-13,15H2,1-3H3,(H,28,30)/t16-,17+,18+,22-/m0/s1. The molecule has 8 nitrogen and oxygen atoms in total. The van der Waals surface area contributed by atoms with Gasteiger partial charge >= 0.3 is 5.97 Å². The van der Waals surface area contributed by atoms with Crippen LogP contribution in [0.25, 0.3) is 0 Å². The van der Waals surface area contributed by atoms with E-state index in [0.717, 1.165) is 22.7 Å². The Morgan fingerprint density at radius 1 is 1.14 bits per heavy atom. The third-order valence-corrected chi connectivity index (χ3v) is 9.52. The molecule has 2 fully saturated rings. The quantitative estimate of drug-likeness (QED) is 0.482. The van der Waals surface area contributed by atoms with Crippen LogP contribution in [-0.2, 0) is 19.6 Å². The maximum Gasteiger partial charge on any atom is 0.340 e. The molecule has 0 radical (unpaired) electrons. The Morgan fingerprint density at radius 3 is 2.47 bits per heavy atom. The normalized spacial score (nSPS) is 21.6. The van der Waals surface area contributed by atoms with Crippen molar-refractivity contribution in [3.63, 3.8) is 0 Å². The first-order chi connectivity index (χ1) is 17.1. The predicted molar refractivity (Wildman–Crippen MR) is 137 cm³/mol. The molecule has 0 spiro atoms. The number of hydrogen-bond acceptors (Lipinski definition) is 6. The molecule has 0 unspecified atom stereocenters. The number of halogens is 1. The van der Waals surface area contributed by atoms with Crippen LogP contribution < -0.4 is 14.4 Å². The van der Waals surface area contributed by atoms with Crippen LogP contribution in [0, 0.1) is 17.8 Å². The molecular formula is C26H31ClN2O6S. The molecule has 1 N–H and O–H groups in total. The van der Waals surface area contributed by atoms with Gasteiger partial charge in [-0.25, -0.2) is 13.2 Å². The number of esters is 1. The van der Waals surface area contributed by atoms with Gasteiger partial charge in [-0.3, -0.25) is 9.10 Å². The highest BCUT2D eigenvalue weighted by Gasteiger charge is 2.42. The highest BCUT2D eigenvalue weighted by atomic mass is 35.5. The van der Waals surface area contributed by atoms with Gasteiger partial charge in [0.25, 0.3) is 15.9 Å². The van der Waals surface area contributed by atoms with E-state index in [9.17, 15) is 18.0 Å². The molecule has 4 rings (SSSR count). The van der Waals surface area contributed by atoms with Crippen LogP contribution in [0.1, 0.15) is 43.0 Å². The molecule has 1 amide bonds. The maximum atomic E-state index is 13.2. The van der Waals surface area contributed by atoms with Crippen molar-refractivity contribution >= 4 is 39.2 Å². The summed E-state index contributed by atoms with van der Waals surface area (Å²) in [4.78, 5) is 25.0. The summed E-state index contributed by atoms with van der Waals surface area (Å²) in [6.07, 6.45) is 4.87. The maximum absolute atomic E-state index is 13.2. The van der Waals surface area contributed by atoms with Crippen LogP contribution in [0.15, 0.2) is 47.4 Å². The fourth-order valence-electron chi connectivity index (χ4n) is 5.43. The number of sulfonamides is 1. The summed E-state index contributed by atoms with van der Waals surface area (Å²) in [6, 6.07) is 10.3. The van der Waals surface area contributed by atoms with Gasteiger partial charge in [-0.05, 0) is 86.4 Å². The lowest BCUT2D eigenvalue weighted by Crippen LogP contribution is -2.42. The van der Waals surface area contributed by atoms with Crippen molar-refractivity contribution in [2.75, 3.05) is 25.1 Å². The number of amides is 1. The molecule has 2 saturated carbocycles. The Hall–Kier alpha value is -2.78. The first-order valence-electron chi connectivity index (χ1n) is 12.0. The fourth-order valence-corrected chi connectivity index (χ4v) is 6.85. The number of hydrogen-bond donors (Lipinski definition) is 1. The van der Waals surface area contributed by atoms with Gasteiger partial charge in [-0.1, -0.05) is 18.0 Å². The molecule has 2 aliphatic carbocycles. The van der Waals surface area contributed by atoms with E-state index in [4.69, 9.17) is 21.1 Å². The van der Waals surface area contributed by atoms with Crippen molar-refractivity contribution in [3.05, 3.63) is 53.1 Å². The number of methoxy groups -OCH3 is 1. The van der Waals surface area contributed by atoms with Gasteiger partial charge < -0.3 is 14.8 Å². The molecule has 4 atom stereocenters. The van der Waals surface area contributed by atoms with Crippen LogP contribution in [0.5, 0.6) is 5.75 Å². The largest absolute Gasteiger partial charge is 0.497 e. The van der Waals surface area contributed by atoms with E-state index in [-0.39, 0.29) is 21.5 Å². The molecule has 2 aromatic carbocycles. The Labute approximate surface area is 217 Å². The number of nitrogens with one attached hydrogen (secondary N) is 1. The zero-order valence-electron chi connectivity index (χ0n) is 20.6. The van der Waals surface area contributed by atoms with Crippen LogP contribution in [0.3, 0.4) is 0 Å². The molecule has 2 bridgehead atoms. The van der Waals surface area contributed by atoms with E-state index in [1.807, 2.05) is 6.92 Å². The summed E-state index contributed by atoms with van der Waals surface area (Å²) < 4.78 is 37.7. The Bertz CT molecular complexity index is 1230. The lowest BCUT2D eigenvalue weighted by Gasteiger charge is -2.28. The zero-order chi connectivity index (χ0) is 26.0. The second-order valence-corrected chi connectivity index (χ2v) is 12.0. The molecule has 0 aliphatic heterocycles. The average molecular weight is 535 g/mol. The number of anilines is 1. The summed E-state index contributed by atoms with van der Waals surface area (Å²) in [7, 11) is -1.07. The molecule has 2 aliphatic rings. The number of benzene rings is 2. The molecule has 0 saturated heterocycles. The van der Waals surface area contributed by atoms with Crippen LogP contribution in [0.2, 0.25) is 5.02 Å². The molecular weight excluding hydrogens is 504 g/mol. The topological polar surface area (TPSA) is 102 Å². The smallest absolute Gasteiger partial charge is 0.340 e. The summed E-state index contributed by atoms with van der Waals surface area (Å²) in [5.41, 5.74) is 0.283. The van der Waals surface area contributed by atoms with Gasteiger partial charge in [0.2, 0.25) is 0 Å². The van der Waals surface area contributed by atoms with Crippen LogP contribution in [0.4, 0.5) is 5.69 Å². The van der Waals surface area contributed by atoms with Gasteiger partial charge in [0.15, 0.2) is 6.61 Å². The number of fused-ring (bicyclic) bond motifs is 2. The number of carbonyl (C=O) groups excluding carboxylic acids is 2. The third kappa shape index (κ3) is 5.47. The zero-order valence-corrected chi connectivity index (χ0v) is 22.1. The van der Waals surface area contributed by atoms with E-state index in [0.29, 0.717) is 23.3 Å². The van der Waals surface area contributed by atoms with Gasteiger partial charge in [-0.15, -0.1) is 0 Å². The molecule has 194 valence electrons. The highest BCUT2D eigenvalue weighted by molar-refractivity contribution is 7.92. The summed E-state index contributed by atoms with van der Waals surface area (Å²) in [5.74, 6) is 1.22. The van der Waals surface area contributed by atoms with Gasteiger partial charge in [0.1, 0.15) is 5.75 Å². The predicted octanol–water partition coefficient (Wildman–Crippen LogP) is 4.27. The van der Waals surface area contributed by atoms with Gasteiger partial charge in [0.05, 0.1) is 28.3 Å². The van der Waals surface area contributed by atoms with Crippen molar-refractivity contribution < 1.29 is 27.5 Å². The lowest BCUT2D eigenvalue weighted by molar-refractivity contribution is -0.125. The average Bonchev–Trinajstić information content (AvgIpc) is 3.51. The highest BCUT2D eigenvalue weighted by Crippen LogP contribution is 2.49. The van der Waals surface area contributed by atoms with E-state index in [2.05, 4.69) is 5.32 Å². The number of nitrogens with zero attached hydrogens (tertiary/aromatic N) is 1. The van der Waals surface area contributed by atoms with Crippen LogP contribution in [-0.4, -0.2) is 47.1 Å². The number of rotatable bonds is 9. The summed E-state index contributed by atoms with van der Waals surface area (Å²) in [6.45, 7) is 1.53. The lowest BCUT2D eigenvalue weighted by atomic mass is 9.84. The molecule has 0 heterocycles.